The Hall–Kier alpha value is -0.544. The van der Waals surface area contributed by atoms with Crippen LogP contribution in [-0.2, 0) is 5.60 Å². The summed E-state index contributed by atoms with van der Waals surface area (Å²) in [6.45, 7) is 1.94. The molecule has 2 aromatic carbocycles. The molecule has 18 heavy (non-hydrogen) atoms. The molecule has 0 aromatic heterocycles. The van der Waals surface area contributed by atoms with E-state index in [-0.39, 0.29) is 35.5 Å². The average Bonchev–Trinajstić information content (AvgIpc) is 2.40. The first kappa shape index (κ1) is 17.5. The van der Waals surface area contributed by atoms with Crippen molar-refractivity contribution in [3.05, 3.63) is 71.8 Å². The SMILES string of the molecule is CCC([O-])(c1ccccc1)c1ccccc1.[Cl-].[Mg+2]. The molecule has 2 aromatic rings. The third-order valence-electron chi connectivity index (χ3n) is 2.98. The third-order valence-corrected chi connectivity index (χ3v) is 2.98. The number of hydrogen-bond donors (Lipinski definition) is 0. The first-order valence-corrected chi connectivity index (χ1v) is 5.59. The van der Waals surface area contributed by atoms with Gasteiger partial charge in [-0.15, -0.1) is 0 Å². The van der Waals surface area contributed by atoms with Crippen LogP contribution in [0, 0.1) is 0 Å². The van der Waals surface area contributed by atoms with Crippen molar-refractivity contribution in [2.24, 2.45) is 0 Å². The molecule has 1 nitrogen and oxygen atoms in total. The summed E-state index contributed by atoms with van der Waals surface area (Å²) in [6.07, 6.45) is 0.557. The Balaban J connectivity index is 0.00000144. The van der Waals surface area contributed by atoms with Gasteiger partial charge in [0.05, 0.1) is 0 Å². The summed E-state index contributed by atoms with van der Waals surface area (Å²) in [6, 6.07) is 19.2. The maximum atomic E-state index is 12.9. The molecule has 0 unspecified atom stereocenters. The van der Waals surface area contributed by atoms with Crippen LogP contribution in [0.25, 0.3) is 0 Å². The molecule has 0 fully saturated rings. The van der Waals surface area contributed by atoms with Crippen LogP contribution in [0.15, 0.2) is 60.7 Å². The van der Waals surface area contributed by atoms with Gasteiger partial charge in [-0.25, -0.2) is 0 Å². The van der Waals surface area contributed by atoms with Gasteiger partial charge < -0.3 is 17.5 Å². The van der Waals surface area contributed by atoms with E-state index in [2.05, 4.69) is 0 Å². The maximum Gasteiger partial charge on any atom is 2.00 e. The van der Waals surface area contributed by atoms with E-state index < -0.39 is 5.60 Å². The van der Waals surface area contributed by atoms with Crippen molar-refractivity contribution in [2.75, 3.05) is 0 Å². The first-order valence-electron chi connectivity index (χ1n) is 5.59. The summed E-state index contributed by atoms with van der Waals surface area (Å²) in [5, 5.41) is 12.9. The van der Waals surface area contributed by atoms with Crippen LogP contribution < -0.4 is 17.5 Å². The second kappa shape index (κ2) is 7.80. The van der Waals surface area contributed by atoms with E-state index in [1.807, 2.05) is 67.6 Å². The topological polar surface area (TPSA) is 23.1 Å². The molecule has 0 spiro atoms. The molecule has 3 heteroatoms. The van der Waals surface area contributed by atoms with E-state index in [4.69, 9.17) is 0 Å². The molecule has 90 valence electrons. The van der Waals surface area contributed by atoms with Crippen LogP contribution in [0.3, 0.4) is 0 Å². The number of halogens is 1. The Morgan fingerprint density at radius 3 is 1.44 bits per heavy atom. The van der Waals surface area contributed by atoms with Crippen LogP contribution in [0.5, 0.6) is 0 Å². The fourth-order valence-electron chi connectivity index (χ4n) is 1.99. The summed E-state index contributed by atoms with van der Waals surface area (Å²) in [7, 11) is 0. The summed E-state index contributed by atoms with van der Waals surface area (Å²) in [5.41, 5.74) is 0.551. The second-order valence-corrected chi connectivity index (χ2v) is 3.91. The van der Waals surface area contributed by atoms with Gasteiger partial charge in [0.15, 0.2) is 0 Å². The molecule has 0 aliphatic heterocycles. The van der Waals surface area contributed by atoms with Gasteiger partial charge in [0.1, 0.15) is 0 Å². The average molecular weight is 271 g/mol. The van der Waals surface area contributed by atoms with E-state index in [1.165, 1.54) is 0 Å². The summed E-state index contributed by atoms with van der Waals surface area (Å²) >= 11 is 0. The van der Waals surface area contributed by atoms with Gasteiger partial charge in [-0.1, -0.05) is 90.7 Å². The van der Waals surface area contributed by atoms with Gasteiger partial charge >= 0.3 is 23.1 Å². The summed E-state index contributed by atoms with van der Waals surface area (Å²) in [5.74, 6) is 0. The van der Waals surface area contributed by atoms with E-state index in [1.54, 1.807) is 0 Å². The van der Waals surface area contributed by atoms with Crippen molar-refractivity contribution in [3.63, 3.8) is 0 Å². The molecule has 0 bridgehead atoms. The zero-order chi connectivity index (χ0) is 11.4. The second-order valence-electron chi connectivity index (χ2n) is 3.91. The summed E-state index contributed by atoms with van der Waals surface area (Å²) < 4.78 is 0. The molecule has 2 rings (SSSR count). The van der Waals surface area contributed by atoms with Crippen molar-refractivity contribution in [2.45, 2.75) is 18.9 Å². The Morgan fingerprint density at radius 2 is 1.17 bits per heavy atom. The van der Waals surface area contributed by atoms with E-state index >= 15 is 0 Å². The Labute approximate surface area is 131 Å². The molecule has 0 heterocycles. The normalized spacial score (nSPS) is 10.1. The van der Waals surface area contributed by atoms with Gasteiger partial charge in [-0.2, -0.15) is 0 Å². The smallest absolute Gasteiger partial charge is 1.00 e. The number of benzene rings is 2. The number of hydrogen-bond acceptors (Lipinski definition) is 1. The molecule has 0 N–H and O–H groups in total. The Bertz CT molecular complexity index is 405. The fraction of sp³-hybridized carbons (Fsp3) is 0.200. The molecule has 0 saturated heterocycles. The predicted molar refractivity (Wildman–Crippen MR) is 69.7 cm³/mol. The maximum absolute atomic E-state index is 12.9. The molecule has 0 atom stereocenters. The van der Waals surface area contributed by atoms with Crippen molar-refractivity contribution in [1.29, 1.82) is 0 Å². The Morgan fingerprint density at radius 1 is 0.833 bits per heavy atom. The van der Waals surface area contributed by atoms with Gasteiger partial charge in [-0.3, -0.25) is 0 Å². The van der Waals surface area contributed by atoms with Crippen molar-refractivity contribution in [3.8, 4) is 0 Å². The van der Waals surface area contributed by atoms with Crippen LogP contribution in [0.2, 0.25) is 0 Å². The predicted octanol–water partition coefficient (Wildman–Crippen LogP) is -0.676. The van der Waals surface area contributed by atoms with Gasteiger partial charge in [-0.05, 0) is 0 Å². The molecule has 0 aliphatic carbocycles. The summed E-state index contributed by atoms with van der Waals surface area (Å²) in [4.78, 5) is 0. The molecule has 0 saturated carbocycles. The first-order chi connectivity index (χ1) is 7.77. The third kappa shape index (κ3) is 3.48. The largest absolute Gasteiger partial charge is 2.00 e. The number of rotatable bonds is 3. The molecular formula is C15H15ClMgO. The van der Waals surface area contributed by atoms with E-state index in [9.17, 15) is 5.11 Å². The quantitative estimate of drug-likeness (QED) is 0.679. The molecule has 0 aliphatic rings. The minimum absolute atomic E-state index is 0. The molecule has 0 amide bonds. The zero-order valence-corrected chi connectivity index (χ0v) is 12.6. The molecular weight excluding hydrogens is 256 g/mol. The van der Waals surface area contributed by atoms with Crippen LogP contribution in [0.1, 0.15) is 24.5 Å². The van der Waals surface area contributed by atoms with Crippen LogP contribution in [-0.4, -0.2) is 23.1 Å². The van der Waals surface area contributed by atoms with Crippen LogP contribution in [0.4, 0.5) is 0 Å². The molecule has 0 radical (unpaired) electrons. The van der Waals surface area contributed by atoms with E-state index in [0.29, 0.717) is 6.42 Å². The minimum atomic E-state index is -1.12. The van der Waals surface area contributed by atoms with Crippen LogP contribution >= 0.6 is 0 Å². The van der Waals surface area contributed by atoms with Crippen molar-refractivity contribution < 1.29 is 17.5 Å². The zero-order valence-electron chi connectivity index (χ0n) is 10.5. The van der Waals surface area contributed by atoms with Crippen molar-refractivity contribution >= 4 is 23.1 Å². The van der Waals surface area contributed by atoms with Gasteiger partial charge in [0, 0.05) is 0 Å². The van der Waals surface area contributed by atoms with Crippen molar-refractivity contribution in [1.82, 2.24) is 0 Å². The van der Waals surface area contributed by atoms with E-state index in [0.717, 1.165) is 11.1 Å². The standard InChI is InChI=1S/C15H15O.ClH.Mg/c1-2-15(16,13-9-5-3-6-10-13)14-11-7-4-8-12-14;;/h3-12H,2H2,1H3;1H;/q-1;;+2/p-1. The monoisotopic (exact) mass is 270 g/mol. The van der Waals surface area contributed by atoms with Gasteiger partial charge in [0.2, 0.25) is 0 Å². The van der Waals surface area contributed by atoms with Gasteiger partial charge in [0.25, 0.3) is 0 Å². The Kier molecular flexibility index (Phi) is 7.56. The fourth-order valence-corrected chi connectivity index (χ4v) is 1.99. The minimum Gasteiger partial charge on any atom is -1.00 e.